The van der Waals surface area contributed by atoms with Crippen LogP contribution in [0.2, 0.25) is 0 Å². The summed E-state index contributed by atoms with van der Waals surface area (Å²) in [5.41, 5.74) is 1.04. The Balaban J connectivity index is 1.55. The Bertz CT molecular complexity index is 474. The Morgan fingerprint density at radius 2 is 2.23 bits per heavy atom. The fourth-order valence-corrected chi connectivity index (χ4v) is 3.96. The van der Waals surface area contributed by atoms with Crippen LogP contribution in [0, 0.1) is 5.92 Å². The fourth-order valence-electron chi connectivity index (χ4n) is 3.96. The van der Waals surface area contributed by atoms with Crippen LogP contribution in [0.5, 0.6) is 0 Å². The lowest BCUT2D eigenvalue weighted by atomic mass is 9.85. The number of rotatable bonds is 5. The third-order valence-electron chi connectivity index (χ3n) is 5.24. The normalized spacial score (nSPS) is 29.0. The van der Waals surface area contributed by atoms with Gasteiger partial charge in [0.05, 0.1) is 17.8 Å². The molecule has 22 heavy (non-hydrogen) atoms. The Morgan fingerprint density at radius 1 is 1.36 bits per heavy atom. The molecule has 1 aromatic rings. The molecule has 1 aliphatic carbocycles. The van der Waals surface area contributed by atoms with Gasteiger partial charge in [-0.05, 0) is 37.7 Å². The van der Waals surface area contributed by atoms with Crippen molar-refractivity contribution in [2.75, 3.05) is 13.2 Å². The molecule has 1 saturated carbocycles. The number of ether oxygens (including phenoxy) is 1. The van der Waals surface area contributed by atoms with Crippen LogP contribution in [0.1, 0.15) is 63.6 Å². The standard InChI is InChI=1S/C17H27N3O2/c1-2-13-6-3-4-8-16(13)22-12-17(21)20-11-5-7-15(20)14-9-10-18-19-14/h9-10,13,15-16H,2-8,11-12H2,1H3,(H,18,19). The number of hydrogen-bond donors (Lipinski definition) is 1. The van der Waals surface area contributed by atoms with E-state index in [1.54, 1.807) is 6.20 Å². The molecular formula is C17H27N3O2. The SMILES string of the molecule is CCC1CCCCC1OCC(=O)N1CCCC1c1ccn[nH]1. The quantitative estimate of drug-likeness (QED) is 0.909. The van der Waals surface area contributed by atoms with E-state index in [4.69, 9.17) is 4.74 Å². The predicted molar refractivity (Wildman–Crippen MR) is 84.3 cm³/mol. The first-order valence-corrected chi connectivity index (χ1v) is 8.70. The molecule has 0 spiro atoms. The minimum atomic E-state index is 0.123. The summed E-state index contributed by atoms with van der Waals surface area (Å²) in [6, 6.07) is 2.11. The average Bonchev–Trinajstić information content (AvgIpc) is 3.23. The first-order chi connectivity index (χ1) is 10.8. The molecule has 1 aliphatic heterocycles. The average molecular weight is 305 g/mol. The molecule has 0 aromatic carbocycles. The van der Waals surface area contributed by atoms with Crippen LogP contribution in [0.3, 0.4) is 0 Å². The van der Waals surface area contributed by atoms with Crippen molar-refractivity contribution < 1.29 is 9.53 Å². The lowest BCUT2D eigenvalue weighted by molar-refractivity contribution is -0.141. The first-order valence-electron chi connectivity index (χ1n) is 8.70. The number of nitrogens with zero attached hydrogens (tertiary/aromatic N) is 2. The molecule has 1 amide bonds. The van der Waals surface area contributed by atoms with Crippen molar-refractivity contribution in [2.45, 2.75) is 64.0 Å². The highest BCUT2D eigenvalue weighted by Crippen LogP contribution is 2.32. The summed E-state index contributed by atoms with van der Waals surface area (Å²) in [6.45, 7) is 3.28. The summed E-state index contributed by atoms with van der Waals surface area (Å²) < 4.78 is 6.01. The molecule has 5 heteroatoms. The van der Waals surface area contributed by atoms with E-state index in [1.807, 2.05) is 11.0 Å². The van der Waals surface area contributed by atoms with Gasteiger partial charge >= 0.3 is 0 Å². The highest BCUT2D eigenvalue weighted by atomic mass is 16.5. The van der Waals surface area contributed by atoms with Crippen LogP contribution in [0.15, 0.2) is 12.3 Å². The van der Waals surface area contributed by atoms with E-state index < -0.39 is 0 Å². The van der Waals surface area contributed by atoms with E-state index >= 15 is 0 Å². The number of amides is 1. The van der Waals surface area contributed by atoms with Gasteiger partial charge in [-0.15, -0.1) is 0 Å². The molecule has 1 N–H and O–H groups in total. The Morgan fingerprint density at radius 3 is 3.00 bits per heavy atom. The van der Waals surface area contributed by atoms with Crippen LogP contribution >= 0.6 is 0 Å². The van der Waals surface area contributed by atoms with Crippen molar-refractivity contribution >= 4 is 5.91 Å². The molecule has 5 nitrogen and oxygen atoms in total. The Labute approximate surface area is 132 Å². The Hall–Kier alpha value is -1.36. The van der Waals surface area contributed by atoms with Crippen molar-refractivity contribution in [1.82, 2.24) is 15.1 Å². The molecule has 0 radical (unpaired) electrons. The molecule has 2 aliphatic rings. The number of nitrogens with one attached hydrogen (secondary N) is 1. The van der Waals surface area contributed by atoms with Gasteiger partial charge in [-0.1, -0.05) is 26.2 Å². The number of aromatic amines is 1. The summed E-state index contributed by atoms with van der Waals surface area (Å²) >= 11 is 0. The first kappa shape index (κ1) is 15.5. The van der Waals surface area contributed by atoms with E-state index in [1.165, 1.54) is 19.3 Å². The molecule has 3 atom stereocenters. The predicted octanol–water partition coefficient (Wildman–Crippen LogP) is 3.06. The molecular weight excluding hydrogens is 278 g/mol. The zero-order valence-electron chi connectivity index (χ0n) is 13.5. The highest BCUT2D eigenvalue weighted by molar-refractivity contribution is 5.78. The zero-order valence-corrected chi connectivity index (χ0v) is 13.5. The summed E-state index contributed by atoms with van der Waals surface area (Å²) in [5.74, 6) is 0.751. The van der Waals surface area contributed by atoms with E-state index in [-0.39, 0.29) is 24.7 Å². The molecule has 0 bridgehead atoms. The lowest BCUT2D eigenvalue weighted by Gasteiger charge is -2.31. The second-order valence-electron chi connectivity index (χ2n) is 6.56. The molecule has 3 rings (SSSR count). The summed E-state index contributed by atoms with van der Waals surface area (Å²) in [6.07, 6.45) is 10.1. The maximum atomic E-state index is 12.6. The second kappa shape index (κ2) is 7.27. The van der Waals surface area contributed by atoms with Crippen molar-refractivity contribution in [3.8, 4) is 0 Å². The number of H-pyrrole nitrogens is 1. The van der Waals surface area contributed by atoms with E-state index in [9.17, 15) is 4.79 Å². The summed E-state index contributed by atoms with van der Waals surface area (Å²) in [5, 5.41) is 7.01. The van der Waals surface area contributed by atoms with Gasteiger partial charge in [0.2, 0.25) is 5.91 Å². The van der Waals surface area contributed by atoms with Gasteiger partial charge in [0.15, 0.2) is 0 Å². The van der Waals surface area contributed by atoms with Gasteiger partial charge in [0, 0.05) is 12.7 Å². The van der Waals surface area contributed by atoms with Crippen LogP contribution in [-0.2, 0) is 9.53 Å². The van der Waals surface area contributed by atoms with E-state index in [0.717, 1.165) is 37.9 Å². The highest BCUT2D eigenvalue weighted by Gasteiger charge is 2.32. The largest absolute Gasteiger partial charge is 0.368 e. The van der Waals surface area contributed by atoms with Crippen LogP contribution < -0.4 is 0 Å². The molecule has 3 unspecified atom stereocenters. The van der Waals surface area contributed by atoms with Crippen LogP contribution in [0.4, 0.5) is 0 Å². The Kier molecular flexibility index (Phi) is 5.13. The van der Waals surface area contributed by atoms with Crippen molar-refractivity contribution in [3.05, 3.63) is 18.0 Å². The third kappa shape index (κ3) is 3.35. The minimum Gasteiger partial charge on any atom is -0.368 e. The summed E-state index contributed by atoms with van der Waals surface area (Å²) in [4.78, 5) is 14.5. The third-order valence-corrected chi connectivity index (χ3v) is 5.24. The van der Waals surface area contributed by atoms with Crippen molar-refractivity contribution in [3.63, 3.8) is 0 Å². The topological polar surface area (TPSA) is 58.2 Å². The fraction of sp³-hybridized carbons (Fsp3) is 0.765. The van der Waals surface area contributed by atoms with Gasteiger partial charge in [-0.25, -0.2) is 0 Å². The molecule has 1 saturated heterocycles. The summed E-state index contributed by atoms with van der Waals surface area (Å²) in [7, 11) is 0. The zero-order chi connectivity index (χ0) is 15.4. The monoisotopic (exact) mass is 305 g/mol. The maximum Gasteiger partial charge on any atom is 0.249 e. The number of carbonyl (C=O) groups is 1. The van der Waals surface area contributed by atoms with Gasteiger partial charge < -0.3 is 9.64 Å². The lowest BCUT2D eigenvalue weighted by Crippen LogP contribution is -2.37. The maximum absolute atomic E-state index is 12.6. The van der Waals surface area contributed by atoms with Crippen molar-refractivity contribution in [2.24, 2.45) is 5.92 Å². The molecule has 1 aromatic heterocycles. The smallest absolute Gasteiger partial charge is 0.249 e. The number of likely N-dealkylation sites (tertiary alicyclic amines) is 1. The second-order valence-corrected chi connectivity index (χ2v) is 6.56. The van der Waals surface area contributed by atoms with Gasteiger partial charge in [0.1, 0.15) is 6.61 Å². The van der Waals surface area contributed by atoms with Crippen LogP contribution in [-0.4, -0.2) is 40.3 Å². The number of aromatic nitrogens is 2. The van der Waals surface area contributed by atoms with Gasteiger partial charge in [0.25, 0.3) is 0 Å². The molecule has 2 heterocycles. The van der Waals surface area contributed by atoms with E-state index in [2.05, 4.69) is 17.1 Å². The van der Waals surface area contributed by atoms with Crippen molar-refractivity contribution in [1.29, 1.82) is 0 Å². The molecule has 122 valence electrons. The van der Waals surface area contributed by atoms with Gasteiger partial charge in [-0.2, -0.15) is 5.10 Å². The van der Waals surface area contributed by atoms with Crippen LogP contribution in [0.25, 0.3) is 0 Å². The van der Waals surface area contributed by atoms with E-state index in [0.29, 0.717) is 5.92 Å². The minimum absolute atomic E-state index is 0.123. The number of hydrogen-bond acceptors (Lipinski definition) is 3. The van der Waals surface area contributed by atoms with Gasteiger partial charge in [-0.3, -0.25) is 9.89 Å². The molecule has 2 fully saturated rings. The number of carbonyl (C=O) groups excluding carboxylic acids is 1.